The molecule has 1 amide bonds. The molecule has 2 heterocycles. The highest BCUT2D eigenvalue weighted by atomic mass is 19.4. The molecular formula is C27H31F3N4O3. The van der Waals surface area contributed by atoms with Gasteiger partial charge in [-0.25, -0.2) is 4.98 Å². The molecule has 0 unspecified atom stereocenters. The van der Waals surface area contributed by atoms with E-state index >= 15 is 0 Å². The van der Waals surface area contributed by atoms with E-state index in [0.717, 1.165) is 42.9 Å². The number of aryl methyl sites for hydroxylation is 1. The van der Waals surface area contributed by atoms with Gasteiger partial charge in [-0.05, 0) is 24.1 Å². The lowest BCUT2D eigenvalue weighted by Gasteiger charge is -2.26. The lowest BCUT2D eigenvalue weighted by molar-refractivity contribution is -0.137. The molecule has 3 aromatic rings. The normalized spacial score (nSPS) is 14.7. The van der Waals surface area contributed by atoms with E-state index in [9.17, 15) is 18.0 Å². The molecule has 10 heteroatoms. The van der Waals surface area contributed by atoms with Crippen LogP contribution in [0.2, 0.25) is 0 Å². The molecule has 2 aromatic carbocycles. The number of carbonyl (C=O) groups is 1. The zero-order valence-electron chi connectivity index (χ0n) is 20.8. The maximum absolute atomic E-state index is 13.2. The Balaban J connectivity index is 1.42. The van der Waals surface area contributed by atoms with Gasteiger partial charge in [0.05, 0.1) is 25.3 Å². The Bertz CT molecular complexity index is 1180. The van der Waals surface area contributed by atoms with Gasteiger partial charge in [-0.15, -0.1) is 0 Å². The summed E-state index contributed by atoms with van der Waals surface area (Å²) in [6.07, 6.45) is -3.10. The van der Waals surface area contributed by atoms with Crippen molar-refractivity contribution in [1.82, 2.24) is 20.1 Å². The van der Waals surface area contributed by atoms with E-state index < -0.39 is 11.7 Å². The Morgan fingerprint density at radius 3 is 2.46 bits per heavy atom. The molecule has 1 aliphatic heterocycles. The van der Waals surface area contributed by atoms with Crippen molar-refractivity contribution in [2.75, 3.05) is 39.4 Å². The Morgan fingerprint density at radius 1 is 1.05 bits per heavy atom. The first-order valence-electron chi connectivity index (χ1n) is 12.2. The van der Waals surface area contributed by atoms with Gasteiger partial charge in [-0.3, -0.25) is 14.6 Å². The monoisotopic (exact) mass is 516 g/mol. The third-order valence-corrected chi connectivity index (χ3v) is 6.11. The van der Waals surface area contributed by atoms with Crippen LogP contribution in [0, 0.1) is 6.92 Å². The lowest BCUT2D eigenvalue weighted by Crippen LogP contribution is -2.41. The van der Waals surface area contributed by atoms with Gasteiger partial charge in [-0.1, -0.05) is 48.0 Å². The smallest absolute Gasteiger partial charge is 0.416 e. The van der Waals surface area contributed by atoms with E-state index in [0.29, 0.717) is 37.8 Å². The predicted molar refractivity (Wildman–Crippen MR) is 132 cm³/mol. The van der Waals surface area contributed by atoms with Crippen LogP contribution >= 0.6 is 0 Å². The number of aromatic nitrogens is 1. The lowest BCUT2D eigenvalue weighted by atomic mass is 10.1. The summed E-state index contributed by atoms with van der Waals surface area (Å²) in [5, 5.41) is 2.86. The molecule has 1 N–H and O–H groups in total. The number of rotatable bonds is 10. The number of nitrogens with one attached hydrogen (secondary N) is 1. The molecule has 1 saturated heterocycles. The molecule has 0 saturated carbocycles. The van der Waals surface area contributed by atoms with E-state index in [1.165, 1.54) is 12.3 Å². The van der Waals surface area contributed by atoms with Gasteiger partial charge in [0.2, 0.25) is 5.89 Å². The van der Waals surface area contributed by atoms with Crippen LogP contribution in [-0.2, 0) is 30.5 Å². The van der Waals surface area contributed by atoms with Gasteiger partial charge >= 0.3 is 6.18 Å². The zero-order valence-corrected chi connectivity index (χ0v) is 20.8. The van der Waals surface area contributed by atoms with Crippen molar-refractivity contribution in [3.05, 3.63) is 88.6 Å². The topological polar surface area (TPSA) is 70.8 Å². The number of ether oxygens (including phenoxy) is 1. The van der Waals surface area contributed by atoms with Crippen molar-refractivity contribution in [2.24, 2.45) is 0 Å². The molecule has 0 atom stereocenters. The minimum absolute atomic E-state index is 0.173. The molecule has 4 rings (SSSR count). The van der Waals surface area contributed by atoms with Crippen LogP contribution in [0.15, 0.2) is 59.2 Å². The number of hydrogen-bond donors (Lipinski definition) is 1. The van der Waals surface area contributed by atoms with Gasteiger partial charge in [0.25, 0.3) is 5.91 Å². The summed E-state index contributed by atoms with van der Waals surface area (Å²) in [4.78, 5) is 21.0. The third kappa shape index (κ3) is 8.14. The third-order valence-electron chi connectivity index (χ3n) is 6.11. The number of amides is 1. The molecule has 1 fully saturated rings. The molecular weight excluding hydrogens is 485 g/mol. The van der Waals surface area contributed by atoms with Crippen LogP contribution in [0.5, 0.6) is 0 Å². The van der Waals surface area contributed by atoms with E-state index in [4.69, 9.17) is 9.15 Å². The second-order valence-electron chi connectivity index (χ2n) is 9.17. The summed E-state index contributed by atoms with van der Waals surface area (Å²) in [7, 11) is 0. The molecule has 1 aliphatic rings. The molecule has 37 heavy (non-hydrogen) atoms. The Hall–Kier alpha value is -3.21. The van der Waals surface area contributed by atoms with E-state index in [1.807, 2.05) is 36.1 Å². The summed E-state index contributed by atoms with van der Waals surface area (Å²) in [5.41, 5.74) is 2.11. The van der Waals surface area contributed by atoms with Gasteiger partial charge in [0, 0.05) is 39.3 Å². The summed E-state index contributed by atoms with van der Waals surface area (Å²) < 4.78 is 50.6. The fraction of sp³-hybridized carbons (Fsp3) is 0.407. The number of halogens is 3. The predicted octanol–water partition coefficient (Wildman–Crippen LogP) is 4.27. The van der Waals surface area contributed by atoms with Gasteiger partial charge in [0.15, 0.2) is 5.69 Å². The SMILES string of the molecule is Cc1cccc(CN(Cc2cccc(C(F)(F)F)c2)Cc2nc(C(=O)NCCN3CCOCC3)co2)c1. The van der Waals surface area contributed by atoms with Crippen LogP contribution in [0.1, 0.15) is 38.6 Å². The fourth-order valence-electron chi connectivity index (χ4n) is 4.26. The number of alkyl halides is 3. The first-order valence-corrected chi connectivity index (χ1v) is 12.2. The number of carbonyl (C=O) groups excluding carboxylic acids is 1. The van der Waals surface area contributed by atoms with Crippen LogP contribution in [-0.4, -0.2) is 60.1 Å². The summed E-state index contributed by atoms with van der Waals surface area (Å²) in [6.45, 7) is 7.21. The number of hydrogen-bond acceptors (Lipinski definition) is 6. The van der Waals surface area contributed by atoms with E-state index in [-0.39, 0.29) is 24.7 Å². The Labute approximate surface area is 214 Å². The maximum atomic E-state index is 13.2. The molecule has 0 spiro atoms. The molecule has 198 valence electrons. The molecule has 7 nitrogen and oxygen atoms in total. The Morgan fingerprint density at radius 2 is 1.76 bits per heavy atom. The summed E-state index contributed by atoms with van der Waals surface area (Å²) in [6, 6.07) is 13.2. The standard InChI is InChI=1S/C27H31F3N4O3/c1-20-4-2-5-21(14-20)16-34(17-22-6-3-7-23(15-22)27(28,29)30)18-25-32-24(19-37-25)26(35)31-8-9-33-10-12-36-13-11-33/h2-7,14-15,19H,8-13,16-18H2,1H3,(H,31,35). The first-order chi connectivity index (χ1) is 17.8. The van der Waals surface area contributed by atoms with Crippen molar-refractivity contribution in [3.63, 3.8) is 0 Å². The zero-order chi connectivity index (χ0) is 26.3. The van der Waals surface area contributed by atoms with Crippen LogP contribution in [0.25, 0.3) is 0 Å². The van der Waals surface area contributed by atoms with E-state index in [1.54, 1.807) is 6.07 Å². The summed E-state index contributed by atoms with van der Waals surface area (Å²) >= 11 is 0. The second-order valence-corrected chi connectivity index (χ2v) is 9.17. The largest absolute Gasteiger partial charge is 0.447 e. The maximum Gasteiger partial charge on any atom is 0.416 e. The highest BCUT2D eigenvalue weighted by Crippen LogP contribution is 2.30. The van der Waals surface area contributed by atoms with Crippen molar-refractivity contribution in [1.29, 1.82) is 0 Å². The summed E-state index contributed by atoms with van der Waals surface area (Å²) in [5.74, 6) is -0.00988. The molecule has 0 aliphatic carbocycles. The second kappa shape index (κ2) is 12.4. The van der Waals surface area contributed by atoms with Crippen molar-refractivity contribution in [3.8, 4) is 0 Å². The molecule has 0 bridgehead atoms. The van der Waals surface area contributed by atoms with Crippen molar-refractivity contribution >= 4 is 5.91 Å². The Kier molecular flexibility index (Phi) is 8.96. The van der Waals surface area contributed by atoms with Crippen LogP contribution < -0.4 is 5.32 Å². The molecule has 1 aromatic heterocycles. The molecule has 0 radical (unpaired) electrons. The quantitative estimate of drug-likeness (QED) is 0.434. The number of nitrogens with zero attached hydrogens (tertiary/aromatic N) is 3. The average Bonchev–Trinajstić information content (AvgIpc) is 3.33. The highest BCUT2D eigenvalue weighted by Gasteiger charge is 2.30. The van der Waals surface area contributed by atoms with E-state index in [2.05, 4.69) is 15.2 Å². The number of oxazole rings is 1. The van der Waals surface area contributed by atoms with Crippen molar-refractivity contribution < 1.29 is 27.1 Å². The minimum atomic E-state index is -4.41. The number of morpholine rings is 1. The number of benzene rings is 2. The average molecular weight is 517 g/mol. The first kappa shape index (κ1) is 26.8. The van der Waals surface area contributed by atoms with Crippen LogP contribution in [0.3, 0.4) is 0 Å². The highest BCUT2D eigenvalue weighted by molar-refractivity contribution is 5.91. The fourth-order valence-corrected chi connectivity index (χ4v) is 4.26. The van der Waals surface area contributed by atoms with Gasteiger partial charge in [-0.2, -0.15) is 13.2 Å². The minimum Gasteiger partial charge on any atom is -0.447 e. The van der Waals surface area contributed by atoms with Crippen molar-refractivity contribution in [2.45, 2.75) is 32.7 Å². The van der Waals surface area contributed by atoms with Gasteiger partial charge in [0.1, 0.15) is 6.26 Å². The van der Waals surface area contributed by atoms with Crippen LogP contribution in [0.4, 0.5) is 13.2 Å². The van der Waals surface area contributed by atoms with Gasteiger partial charge < -0.3 is 14.5 Å².